The van der Waals surface area contributed by atoms with Gasteiger partial charge >= 0.3 is 5.97 Å². The highest BCUT2D eigenvalue weighted by Gasteiger charge is 2.41. The SMILES string of the molecule is CCOC1CC(NCCC(=O)OC)C1OC. The molecule has 0 spiro atoms. The Hall–Kier alpha value is -0.650. The monoisotopic (exact) mass is 231 g/mol. The van der Waals surface area contributed by atoms with Crippen LogP contribution in [0.3, 0.4) is 0 Å². The summed E-state index contributed by atoms with van der Waals surface area (Å²) in [5.74, 6) is -0.192. The third kappa shape index (κ3) is 3.43. The van der Waals surface area contributed by atoms with Gasteiger partial charge in [-0.25, -0.2) is 0 Å². The first-order chi connectivity index (χ1) is 7.72. The number of rotatable bonds is 7. The molecule has 1 rings (SSSR count). The maximum Gasteiger partial charge on any atom is 0.306 e. The first-order valence-electron chi connectivity index (χ1n) is 5.67. The van der Waals surface area contributed by atoms with Gasteiger partial charge in [0.15, 0.2) is 0 Å². The van der Waals surface area contributed by atoms with Crippen LogP contribution in [-0.2, 0) is 19.0 Å². The van der Waals surface area contributed by atoms with Crippen LogP contribution in [0, 0.1) is 0 Å². The summed E-state index contributed by atoms with van der Waals surface area (Å²) in [6, 6.07) is 0.284. The molecule has 16 heavy (non-hydrogen) atoms. The second kappa shape index (κ2) is 6.83. The molecule has 5 heteroatoms. The number of carbonyl (C=O) groups is 1. The molecule has 0 aromatic heterocycles. The smallest absolute Gasteiger partial charge is 0.306 e. The van der Waals surface area contributed by atoms with Crippen LogP contribution in [0.4, 0.5) is 0 Å². The molecule has 0 aromatic rings. The number of hydrogen-bond acceptors (Lipinski definition) is 5. The fourth-order valence-electron chi connectivity index (χ4n) is 1.94. The third-order valence-electron chi connectivity index (χ3n) is 2.87. The van der Waals surface area contributed by atoms with Crippen LogP contribution < -0.4 is 5.32 Å². The van der Waals surface area contributed by atoms with Crippen molar-refractivity contribution in [3.8, 4) is 0 Å². The summed E-state index contributed by atoms with van der Waals surface area (Å²) in [6.45, 7) is 3.31. The first kappa shape index (κ1) is 13.4. The molecule has 1 aliphatic carbocycles. The molecule has 0 saturated heterocycles. The summed E-state index contributed by atoms with van der Waals surface area (Å²) in [4.78, 5) is 10.9. The van der Waals surface area contributed by atoms with Crippen molar-refractivity contribution in [3.63, 3.8) is 0 Å². The Morgan fingerprint density at radius 3 is 2.75 bits per heavy atom. The Balaban J connectivity index is 2.17. The zero-order chi connectivity index (χ0) is 12.0. The normalized spacial score (nSPS) is 28.6. The van der Waals surface area contributed by atoms with Gasteiger partial charge in [0.2, 0.25) is 0 Å². The van der Waals surface area contributed by atoms with Crippen LogP contribution in [0.25, 0.3) is 0 Å². The van der Waals surface area contributed by atoms with Crippen molar-refractivity contribution in [2.45, 2.75) is 38.0 Å². The van der Waals surface area contributed by atoms with Crippen molar-refractivity contribution in [3.05, 3.63) is 0 Å². The van der Waals surface area contributed by atoms with Gasteiger partial charge in [-0.2, -0.15) is 0 Å². The van der Waals surface area contributed by atoms with E-state index in [2.05, 4.69) is 10.1 Å². The molecule has 1 saturated carbocycles. The maximum atomic E-state index is 10.9. The maximum absolute atomic E-state index is 10.9. The van der Waals surface area contributed by atoms with E-state index in [1.54, 1.807) is 7.11 Å². The summed E-state index contributed by atoms with van der Waals surface area (Å²) in [5.41, 5.74) is 0. The van der Waals surface area contributed by atoms with E-state index in [4.69, 9.17) is 9.47 Å². The minimum absolute atomic E-state index is 0.0950. The van der Waals surface area contributed by atoms with E-state index in [-0.39, 0.29) is 24.2 Å². The highest BCUT2D eigenvalue weighted by atomic mass is 16.5. The van der Waals surface area contributed by atoms with Crippen LogP contribution in [0.1, 0.15) is 19.8 Å². The van der Waals surface area contributed by atoms with Crippen LogP contribution in [0.5, 0.6) is 0 Å². The minimum Gasteiger partial charge on any atom is -0.469 e. The summed E-state index contributed by atoms with van der Waals surface area (Å²) in [7, 11) is 3.08. The van der Waals surface area contributed by atoms with Crippen molar-refractivity contribution in [2.75, 3.05) is 27.4 Å². The van der Waals surface area contributed by atoms with Gasteiger partial charge in [0.1, 0.15) is 0 Å². The number of nitrogens with one attached hydrogen (secondary N) is 1. The average Bonchev–Trinajstić information content (AvgIpc) is 2.26. The van der Waals surface area contributed by atoms with E-state index in [0.717, 1.165) is 6.42 Å². The highest BCUT2D eigenvalue weighted by Crippen LogP contribution is 2.26. The molecular formula is C11H21NO4. The summed E-state index contributed by atoms with van der Waals surface area (Å²) < 4.78 is 15.4. The molecule has 0 heterocycles. The number of methoxy groups -OCH3 is 2. The van der Waals surface area contributed by atoms with Gasteiger partial charge in [-0.15, -0.1) is 0 Å². The molecule has 3 unspecified atom stereocenters. The molecule has 0 aliphatic heterocycles. The molecular weight excluding hydrogens is 210 g/mol. The van der Waals surface area contributed by atoms with E-state index in [0.29, 0.717) is 19.6 Å². The van der Waals surface area contributed by atoms with Crippen molar-refractivity contribution in [1.29, 1.82) is 0 Å². The van der Waals surface area contributed by atoms with Gasteiger partial charge in [0.25, 0.3) is 0 Å². The molecule has 1 N–H and O–H groups in total. The van der Waals surface area contributed by atoms with Crippen molar-refractivity contribution < 1.29 is 19.0 Å². The van der Waals surface area contributed by atoms with Crippen molar-refractivity contribution in [2.24, 2.45) is 0 Å². The highest BCUT2D eigenvalue weighted by molar-refractivity contribution is 5.69. The van der Waals surface area contributed by atoms with Gasteiger partial charge < -0.3 is 19.5 Å². The Bertz CT molecular complexity index is 222. The van der Waals surface area contributed by atoms with Crippen LogP contribution in [-0.4, -0.2) is 51.6 Å². The van der Waals surface area contributed by atoms with Gasteiger partial charge in [-0.05, 0) is 13.3 Å². The van der Waals surface area contributed by atoms with E-state index in [1.165, 1.54) is 7.11 Å². The Kier molecular flexibility index (Phi) is 5.73. The number of ether oxygens (including phenoxy) is 3. The topological polar surface area (TPSA) is 56.8 Å². The van der Waals surface area contributed by atoms with Crippen molar-refractivity contribution >= 4 is 5.97 Å². The number of hydrogen-bond donors (Lipinski definition) is 1. The summed E-state index contributed by atoms with van der Waals surface area (Å²) >= 11 is 0. The lowest BCUT2D eigenvalue weighted by atomic mass is 9.85. The average molecular weight is 231 g/mol. The fraction of sp³-hybridized carbons (Fsp3) is 0.909. The standard InChI is InChI=1S/C11H21NO4/c1-4-16-9-7-8(11(9)15-3)12-6-5-10(13)14-2/h8-9,11-12H,4-7H2,1-3H3. The molecule has 5 nitrogen and oxygen atoms in total. The summed E-state index contributed by atoms with van der Waals surface area (Å²) in [6.07, 6.45) is 1.61. The lowest BCUT2D eigenvalue weighted by Gasteiger charge is -2.43. The first-order valence-corrected chi connectivity index (χ1v) is 5.67. The van der Waals surface area contributed by atoms with Gasteiger partial charge in [0.05, 0.1) is 25.7 Å². The molecule has 1 fully saturated rings. The summed E-state index contributed by atoms with van der Waals surface area (Å²) in [5, 5.41) is 3.27. The van der Waals surface area contributed by atoms with E-state index < -0.39 is 0 Å². The van der Waals surface area contributed by atoms with E-state index in [1.807, 2.05) is 6.92 Å². The van der Waals surface area contributed by atoms with Crippen LogP contribution >= 0.6 is 0 Å². The molecule has 0 aromatic carbocycles. The van der Waals surface area contributed by atoms with Gasteiger partial charge in [-0.1, -0.05) is 0 Å². The quantitative estimate of drug-likeness (QED) is 0.640. The Morgan fingerprint density at radius 1 is 1.44 bits per heavy atom. The van der Waals surface area contributed by atoms with Crippen molar-refractivity contribution in [1.82, 2.24) is 5.32 Å². The largest absolute Gasteiger partial charge is 0.469 e. The Morgan fingerprint density at radius 2 is 2.19 bits per heavy atom. The second-order valence-electron chi connectivity index (χ2n) is 3.82. The zero-order valence-electron chi connectivity index (χ0n) is 10.2. The molecule has 94 valence electrons. The number of esters is 1. The lowest BCUT2D eigenvalue weighted by Crippen LogP contribution is -2.60. The second-order valence-corrected chi connectivity index (χ2v) is 3.82. The molecule has 0 bridgehead atoms. The zero-order valence-corrected chi connectivity index (χ0v) is 10.2. The molecule has 0 amide bonds. The van der Waals surface area contributed by atoms with E-state index >= 15 is 0 Å². The lowest BCUT2D eigenvalue weighted by molar-refractivity contribution is -0.141. The predicted octanol–water partition coefficient (Wildman–Crippen LogP) is 0.331. The van der Waals surface area contributed by atoms with Crippen LogP contribution in [0.15, 0.2) is 0 Å². The van der Waals surface area contributed by atoms with Crippen LogP contribution in [0.2, 0.25) is 0 Å². The molecule has 1 aliphatic rings. The molecule has 3 atom stereocenters. The van der Waals surface area contributed by atoms with Gasteiger partial charge in [-0.3, -0.25) is 4.79 Å². The minimum atomic E-state index is -0.192. The van der Waals surface area contributed by atoms with E-state index in [9.17, 15) is 4.79 Å². The third-order valence-corrected chi connectivity index (χ3v) is 2.87. The molecule has 0 radical (unpaired) electrons. The number of carbonyl (C=O) groups excluding carboxylic acids is 1. The van der Waals surface area contributed by atoms with Gasteiger partial charge in [0, 0.05) is 26.3 Å². The predicted molar refractivity (Wildman–Crippen MR) is 59.3 cm³/mol. The fourth-order valence-corrected chi connectivity index (χ4v) is 1.94. The Labute approximate surface area is 96.4 Å².